The molecule has 0 aliphatic heterocycles. The number of fused-ring (bicyclic) bond motifs is 1. The molecule has 1 N–H and O–H groups in total. The highest BCUT2D eigenvalue weighted by Gasteiger charge is 2.39. The van der Waals surface area contributed by atoms with Gasteiger partial charge in [-0.05, 0) is 54.4 Å². The van der Waals surface area contributed by atoms with Gasteiger partial charge >= 0.3 is 5.97 Å². The SMILES string of the molecule is CCOC(=O)Cc1csc(NC(=O)C(C)(C)C(c2ccccc2)c2ccc3c(cnn3-c3ccc(F)cc3)c2)n1. The minimum absolute atomic E-state index is 0.0574. The first-order valence-electron chi connectivity index (χ1n) is 13.0. The van der Waals surface area contributed by atoms with Crippen molar-refractivity contribution in [1.29, 1.82) is 0 Å². The third-order valence-electron chi connectivity index (χ3n) is 6.84. The number of thiazole rings is 1. The first-order valence-corrected chi connectivity index (χ1v) is 13.8. The summed E-state index contributed by atoms with van der Waals surface area (Å²) in [6.07, 6.45) is 1.83. The number of nitrogens with zero attached hydrogens (tertiary/aromatic N) is 3. The summed E-state index contributed by atoms with van der Waals surface area (Å²) in [4.78, 5) is 30.0. The van der Waals surface area contributed by atoms with E-state index < -0.39 is 5.41 Å². The third-order valence-corrected chi connectivity index (χ3v) is 7.65. The second-order valence-electron chi connectivity index (χ2n) is 10.00. The number of amides is 1. The minimum atomic E-state index is -0.880. The van der Waals surface area contributed by atoms with E-state index >= 15 is 0 Å². The van der Waals surface area contributed by atoms with E-state index in [0.29, 0.717) is 17.4 Å². The van der Waals surface area contributed by atoms with E-state index in [1.54, 1.807) is 35.3 Å². The molecule has 2 aromatic heterocycles. The van der Waals surface area contributed by atoms with Gasteiger partial charge in [-0.2, -0.15) is 5.10 Å². The maximum absolute atomic E-state index is 13.8. The molecule has 3 aromatic carbocycles. The van der Waals surface area contributed by atoms with E-state index in [0.717, 1.165) is 27.7 Å². The van der Waals surface area contributed by atoms with Crippen molar-refractivity contribution in [3.8, 4) is 5.69 Å². The van der Waals surface area contributed by atoms with Crippen LogP contribution >= 0.6 is 11.3 Å². The highest BCUT2D eigenvalue weighted by Crippen LogP contribution is 2.43. The summed E-state index contributed by atoms with van der Waals surface area (Å²) in [5.41, 5.74) is 3.26. The van der Waals surface area contributed by atoms with Crippen molar-refractivity contribution in [2.75, 3.05) is 11.9 Å². The molecule has 7 nitrogen and oxygen atoms in total. The van der Waals surface area contributed by atoms with Gasteiger partial charge in [0.25, 0.3) is 0 Å². The molecule has 0 spiro atoms. The van der Waals surface area contributed by atoms with Crippen LogP contribution in [0.15, 0.2) is 84.4 Å². The Hall–Kier alpha value is -4.37. The zero-order valence-electron chi connectivity index (χ0n) is 22.4. The fraction of sp³-hybridized carbons (Fsp3) is 0.226. The summed E-state index contributed by atoms with van der Waals surface area (Å²) in [7, 11) is 0. The van der Waals surface area contributed by atoms with E-state index in [-0.39, 0.29) is 30.0 Å². The van der Waals surface area contributed by atoms with Gasteiger partial charge in [-0.1, -0.05) is 50.2 Å². The number of hydrogen-bond acceptors (Lipinski definition) is 6. The van der Waals surface area contributed by atoms with Crippen LogP contribution < -0.4 is 5.32 Å². The van der Waals surface area contributed by atoms with Crippen LogP contribution in [0.25, 0.3) is 16.6 Å². The Morgan fingerprint density at radius 3 is 2.52 bits per heavy atom. The van der Waals surface area contributed by atoms with Crippen LogP contribution in [-0.2, 0) is 20.7 Å². The normalized spacial score (nSPS) is 12.3. The Morgan fingerprint density at radius 1 is 1.05 bits per heavy atom. The fourth-order valence-electron chi connectivity index (χ4n) is 4.89. The number of carbonyl (C=O) groups is 2. The molecule has 1 amide bonds. The van der Waals surface area contributed by atoms with Crippen LogP contribution in [0.4, 0.5) is 9.52 Å². The van der Waals surface area contributed by atoms with Crippen molar-refractivity contribution < 1.29 is 18.7 Å². The lowest BCUT2D eigenvalue weighted by molar-refractivity contribution is -0.142. The Morgan fingerprint density at radius 2 is 1.80 bits per heavy atom. The van der Waals surface area contributed by atoms with Crippen LogP contribution in [0.1, 0.15) is 43.5 Å². The van der Waals surface area contributed by atoms with Gasteiger partial charge in [-0.25, -0.2) is 14.1 Å². The molecular weight excluding hydrogens is 527 g/mol. The average Bonchev–Trinajstić information content (AvgIpc) is 3.56. The molecular formula is C31H29FN4O3S. The van der Waals surface area contributed by atoms with Gasteiger partial charge in [0.2, 0.25) is 5.91 Å². The Kier molecular flexibility index (Phi) is 7.75. The van der Waals surface area contributed by atoms with Crippen LogP contribution in [0.5, 0.6) is 0 Å². The van der Waals surface area contributed by atoms with Gasteiger partial charge in [-0.3, -0.25) is 9.59 Å². The fourth-order valence-corrected chi connectivity index (χ4v) is 5.59. The highest BCUT2D eigenvalue weighted by molar-refractivity contribution is 7.13. The van der Waals surface area contributed by atoms with E-state index in [9.17, 15) is 14.0 Å². The number of carbonyl (C=O) groups excluding carboxylic acids is 2. The number of esters is 1. The van der Waals surface area contributed by atoms with Crippen LogP contribution in [0.2, 0.25) is 0 Å². The molecule has 204 valence electrons. The largest absolute Gasteiger partial charge is 0.466 e. The van der Waals surface area contributed by atoms with Gasteiger partial charge in [0.15, 0.2) is 5.13 Å². The first-order chi connectivity index (χ1) is 19.3. The van der Waals surface area contributed by atoms with Crippen LogP contribution in [-0.4, -0.2) is 33.2 Å². The Bertz CT molecular complexity index is 1640. The molecule has 0 fully saturated rings. The van der Waals surface area contributed by atoms with E-state index in [1.165, 1.54) is 23.5 Å². The predicted molar refractivity (Wildman–Crippen MR) is 154 cm³/mol. The lowest BCUT2D eigenvalue weighted by Crippen LogP contribution is -2.37. The number of ether oxygens (including phenoxy) is 1. The molecule has 0 saturated carbocycles. The van der Waals surface area contributed by atoms with E-state index in [2.05, 4.69) is 21.5 Å². The zero-order chi connectivity index (χ0) is 28.3. The monoisotopic (exact) mass is 556 g/mol. The summed E-state index contributed by atoms with van der Waals surface area (Å²) in [5.74, 6) is -1.14. The van der Waals surface area contributed by atoms with Gasteiger partial charge < -0.3 is 10.1 Å². The van der Waals surface area contributed by atoms with Crippen molar-refractivity contribution in [3.05, 3.63) is 107 Å². The summed E-state index contributed by atoms with van der Waals surface area (Å²) >= 11 is 1.28. The van der Waals surface area contributed by atoms with Gasteiger partial charge in [-0.15, -0.1) is 11.3 Å². The molecule has 0 bridgehead atoms. The minimum Gasteiger partial charge on any atom is -0.466 e. The van der Waals surface area contributed by atoms with Crippen LogP contribution in [0, 0.1) is 11.2 Å². The summed E-state index contributed by atoms with van der Waals surface area (Å²) in [5, 5.41) is 10.6. The molecule has 2 heterocycles. The summed E-state index contributed by atoms with van der Waals surface area (Å²) in [6.45, 7) is 5.89. The lowest BCUT2D eigenvalue weighted by atomic mass is 9.70. The average molecular weight is 557 g/mol. The standard InChI is InChI=1S/C31H29FN4O3S/c1-4-39-27(37)17-24-19-40-30(34-24)35-29(38)31(2,3)28(20-8-6-5-7-9-20)21-10-15-26-22(16-21)18-33-36(26)25-13-11-23(32)12-14-25/h5-16,18-19,28H,4,17H2,1-3H3,(H,34,35,38). The number of rotatable bonds is 9. The quantitative estimate of drug-likeness (QED) is 0.209. The number of anilines is 1. The van der Waals surface area contributed by atoms with Crippen LogP contribution in [0.3, 0.4) is 0 Å². The highest BCUT2D eigenvalue weighted by atomic mass is 32.1. The number of nitrogens with one attached hydrogen (secondary N) is 1. The van der Waals surface area contributed by atoms with E-state index in [1.807, 2.05) is 56.3 Å². The Balaban J connectivity index is 1.46. The predicted octanol–water partition coefficient (Wildman–Crippen LogP) is 6.52. The number of aromatic nitrogens is 3. The van der Waals surface area contributed by atoms with Gasteiger partial charge in [0.1, 0.15) is 5.82 Å². The molecule has 1 atom stereocenters. The molecule has 9 heteroatoms. The molecule has 5 rings (SSSR count). The lowest BCUT2D eigenvalue weighted by Gasteiger charge is -2.34. The van der Waals surface area contributed by atoms with Crippen molar-refractivity contribution in [3.63, 3.8) is 0 Å². The molecule has 0 radical (unpaired) electrons. The van der Waals surface area contributed by atoms with Crippen molar-refractivity contribution in [2.45, 2.75) is 33.1 Å². The van der Waals surface area contributed by atoms with Gasteiger partial charge in [0, 0.05) is 16.7 Å². The number of halogens is 1. The van der Waals surface area contributed by atoms with Crippen molar-refractivity contribution >= 4 is 39.2 Å². The summed E-state index contributed by atoms with van der Waals surface area (Å²) < 4.78 is 20.2. The van der Waals surface area contributed by atoms with Crippen molar-refractivity contribution in [2.24, 2.45) is 5.41 Å². The topological polar surface area (TPSA) is 86.1 Å². The third kappa shape index (κ3) is 5.65. The maximum atomic E-state index is 13.8. The van der Waals surface area contributed by atoms with E-state index in [4.69, 9.17) is 4.74 Å². The Labute approximate surface area is 235 Å². The zero-order valence-corrected chi connectivity index (χ0v) is 23.2. The van der Waals surface area contributed by atoms with Gasteiger partial charge in [0.05, 0.1) is 41.5 Å². The summed E-state index contributed by atoms with van der Waals surface area (Å²) in [6, 6.07) is 22.1. The molecule has 0 saturated heterocycles. The number of benzene rings is 3. The molecule has 5 aromatic rings. The first kappa shape index (κ1) is 27.2. The second kappa shape index (κ2) is 11.4. The molecule has 1 unspecified atom stereocenters. The number of hydrogen-bond donors (Lipinski definition) is 1. The second-order valence-corrected chi connectivity index (χ2v) is 10.9. The maximum Gasteiger partial charge on any atom is 0.311 e. The molecule has 40 heavy (non-hydrogen) atoms. The molecule has 0 aliphatic carbocycles. The smallest absolute Gasteiger partial charge is 0.311 e. The van der Waals surface area contributed by atoms with Crippen molar-refractivity contribution in [1.82, 2.24) is 14.8 Å². The molecule has 0 aliphatic rings.